The van der Waals surface area contributed by atoms with Crippen LogP contribution in [0.1, 0.15) is 68.3 Å². The summed E-state index contributed by atoms with van der Waals surface area (Å²) in [6.45, 7) is 9.69. The molecule has 8 heteroatoms. The zero-order valence-electron chi connectivity index (χ0n) is 16.7. The van der Waals surface area contributed by atoms with Crippen molar-refractivity contribution in [3.63, 3.8) is 0 Å². The number of guanidine groups is 1. The van der Waals surface area contributed by atoms with Gasteiger partial charge in [0.15, 0.2) is 5.96 Å². The number of thiazole rings is 1. The minimum absolute atomic E-state index is 0.462. The number of aromatic nitrogens is 4. The van der Waals surface area contributed by atoms with Crippen LogP contribution in [-0.2, 0) is 25.9 Å². The number of hydrogen-bond acceptors (Lipinski definition) is 5. The fraction of sp³-hybridized carbons (Fsp3) is 0.684. The van der Waals surface area contributed by atoms with Crippen molar-refractivity contribution in [1.82, 2.24) is 30.4 Å². The van der Waals surface area contributed by atoms with Crippen molar-refractivity contribution < 1.29 is 0 Å². The van der Waals surface area contributed by atoms with Crippen LogP contribution in [0.25, 0.3) is 0 Å². The Kier molecular flexibility index (Phi) is 7.20. The normalized spacial score (nSPS) is 14.9. The van der Waals surface area contributed by atoms with Crippen molar-refractivity contribution in [2.45, 2.75) is 71.9 Å². The van der Waals surface area contributed by atoms with Crippen LogP contribution >= 0.6 is 11.3 Å². The van der Waals surface area contributed by atoms with Gasteiger partial charge in [-0.2, -0.15) is 0 Å². The summed E-state index contributed by atoms with van der Waals surface area (Å²) < 4.78 is 2.31. The maximum absolute atomic E-state index is 4.68. The summed E-state index contributed by atoms with van der Waals surface area (Å²) in [5.41, 5.74) is 1.15. The van der Waals surface area contributed by atoms with Gasteiger partial charge in [0.25, 0.3) is 0 Å². The van der Waals surface area contributed by atoms with E-state index < -0.39 is 0 Å². The van der Waals surface area contributed by atoms with E-state index in [4.69, 9.17) is 0 Å². The van der Waals surface area contributed by atoms with Crippen molar-refractivity contribution in [2.75, 3.05) is 13.1 Å². The summed E-state index contributed by atoms with van der Waals surface area (Å²) in [4.78, 5) is 9.33. The summed E-state index contributed by atoms with van der Waals surface area (Å²) in [5.74, 6) is 3.52. The fourth-order valence-electron chi connectivity index (χ4n) is 3.17. The maximum Gasteiger partial charge on any atom is 0.191 e. The van der Waals surface area contributed by atoms with Crippen LogP contribution in [0.4, 0.5) is 0 Å². The number of aryl methyl sites for hydroxylation is 1. The number of fused-ring (bicyclic) bond motifs is 1. The largest absolute Gasteiger partial charge is 0.357 e. The second kappa shape index (κ2) is 9.82. The molecule has 0 aliphatic carbocycles. The van der Waals surface area contributed by atoms with E-state index in [1.165, 1.54) is 19.3 Å². The molecule has 1 aliphatic rings. The zero-order valence-corrected chi connectivity index (χ0v) is 17.5. The predicted molar refractivity (Wildman–Crippen MR) is 110 cm³/mol. The van der Waals surface area contributed by atoms with Crippen LogP contribution in [0, 0.1) is 0 Å². The van der Waals surface area contributed by atoms with Gasteiger partial charge in [-0.3, -0.25) is 0 Å². The summed E-state index contributed by atoms with van der Waals surface area (Å²) in [6, 6.07) is 0. The number of hydrogen-bond donors (Lipinski definition) is 2. The molecule has 148 valence electrons. The summed E-state index contributed by atoms with van der Waals surface area (Å²) in [6.07, 6.45) is 5.64. The van der Waals surface area contributed by atoms with Gasteiger partial charge in [0, 0.05) is 37.9 Å². The third-order valence-corrected chi connectivity index (χ3v) is 5.56. The van der Waals surface area contributed by atoms with Gasteiger partial charge in [0.2, 0.25) is 0 Å². The minimum atomic E-state index is 0.462. The topological polar surface area (TPSA) is 80.0 Å². The standard InChI is InChI=1S/C19H31N7S/c1-4-20-19(22-12-18-23-15(13-27-18)14(2)3)21-10-9-17-25-24-16-8-6-5-7-11-26(16)17/h13-14H,4-12H2,1-3H3,(H2,20,21,22). The Labute approximate surface area is 165 Å². The van der Waals surface area contributed by atoms with Crippen molar-refractivity contribution in [1.29, 1.82) is 0 Å². The molecular weight excluding hydrogens is 358 g/mol. The van der Waals surface area contributed by atoms with Gasteiger partial charge in [-0.1, -0.05) is 20.3 Å². The van der Waals surface area contributed by atoms with Gasteiger partial charge in [0.1, 0.15) is 16.7 Å². The Morgan fingerprint density at radius 2 is 2.15 bits per heavy atom. The van der Waals surface area contributed by atoms with Gasteiger partial charge in [-0.25, -0.2) is 9.98 Å². The number of rotatable bonds is 7. The van der Waals surface area contributed by atoms with Crippen LogP contribution in [0.2, 0.25) is 0 Å². The lowest BCUT2D eigenvalue weighted by molar-refractivity contribution is 0.600. The molecule has 0 saturated heterocycles. The predicted octanol–water partition coefficient (Wildman–Crippen LogP) is 2.88. The lowest BCUT2D eigenvalue weighted by Gasteiger charge is -2.11. The zero-order chi connectivity index (χ0) is 19.1. The molecule has 3 rings (SSSR count). The summed E-state index contributed by atoms with van der Waals surface area (Å²) in [7, 11) is 0. The molecule has 0 spiro atoms. The lowest BCUT2D eigenvalue weighted by Crippen LogP contribution is -2.38. The molecule has 7 nitrogen and oxygen atoms in total. The van der Waals surface area contributed by atoms with Crippen LogP contribution in [0.5, 0.6) is 0 Å². The molecule has 1 aliphatic heterocycles. The number of nitrogens with zero attached hydrogens (tertiary/aromatic N) is 5. The van der Waals surface area contributed by atoms with Crippen molar-refractivity contribution >= 4 is 17.3 Å². The SMILES string of the molecule is CCNC(=NCc1nc(C(C)C)cs1)NCCc1nnc2n1CCCCC2. The smallest absolute Gasteiger partial charge is 0.191 e. The second-order valence-corrected chi connectivity index (χ2v) is 8.13. The van der Waals surface area contributed by atoms with E-state index in [1.807, 2.05) is 0 Å². The highest BCUT2D eigenvalue weighted by atomic mass is 32.1. The van der Waals surface area contributed by atoms with Crippen molar-refractivity contribution in [3.05, 3.63) is 27.7 Å². The van der Waals surface area contributed by atoms with Gasteiger partial charge in [0.05, 0.1) is 12.2 Å². The third kappa shape index (κ3) is 5.51. The molecule has 27 heavy (non-hydrogen) atoms. The van der Waals surface area contributed by atoms with Crippen LogP contribution in [0.15, 0.2) is 10.4 Å². The molecule has 0 bridgehead atoms. The Balaban J connectivity index is 1.54. The Morgan fingerprint density at radius 1 is 1.26 bits per heavy atom. The monoisotopic (exact) mass is 389 g/mol. The first-order chi connectivity index (χ1) is 13.2. The highest BCUT2D eigenvalue weighted by Gasteiger charge is 2.14. The Hall–Kier alpha value is -1.96. The van der Waals surface area contributed by atoms with E-state index in [0.29, 0.717) is 12.5 Å². The van der Waals surface area contributed by atoms with Crippen molar-refractivity contribution in [2.24, 2.45) is 4.99 Å². The highest BCUT2D eigenvalue weighted by Crippen LogP contribution is 2.18. The Morgan fingerprint density at radius 3 is 2.93 bits per heavy atom. The quantitative estimate of drug-likeness (QED) is 0.562. The van der Waals surface area contributed by atoms with Crippen LogP contribution < -0.4 is 10.6 Å². The molecule has 0 fully saturated rings. The molecule has 3 heterocycles. The van der Waals surface area contributed by atoms with E-state index in [-0.39, 0.29) is 0 Å². The average Bonchev–Trinajstić information content (AvgIpc) is 3.21. The van der Waals surface area contributed by atoms with Crippen LogP contribution in [-0.4, -0.2) is 38.8 Å². The highest BCUT2D eigenvalue weighted by molar-refractivity contribution is 7.09. The molecule has 0 unspecified atom stereocenters. The molecule has 0 radical (unpaired) electrons. The maximum atomic E-state index is 4.68. The van der Waals surface area contributed by atoms with E-state index in [1.54, 1.807) is 11.3 Å². The average molecular weight is 390 g/mol. The van der Waals surface area contributed by atoms with E-state index >= 15 is 0 Å². The van der Waals surface area contributed by atoms with E-state index in [9.17, 15) is 0 Å². The molecule has 2 aromatic rings. The molecule has 0 atom stereocenters. The number of nitrogens with one attached hydrogen (secondary N) is 2. The molecule has 0 aromatic carbocycles. The summed E-state index contributed by atoms with van der Waals surface area (Å²) in [5, 5.41) is 18.7. The molecule has 2 N–H and O–H groups in total. The van der Waals surface area contributed by atoms with Gasteiger partial charge in [-0.15, -0.1) is 21.5 Å². The Bertz CT molecular complexity index is 747. The molecule has 0 amide bonds. The van der Waals surface area contributed by atoms with Gasteiger partial charge in [-0.05, 0) is 25.7 Å². The number of aliphatic imine (C=N–C) groups is 1. The molecular formula is C19H31N7S. The minimum Gasteiger partial charge on any atom is -0.357 e. The third-order valence-electron chi connectivity index (χ3n) is 4.70. The summed E-state index contributed by atoms with van der Waals surface area (Å²) >= 11 is 1.68. The molecule has 2 aromatic heterocycles. The fourth-order valence-corrected chi connectivity index (χ4v) is 4.05. The lowest BCUT2D eigenvalue weighted by atomic mass is 10.2. The van der Waals surface area contributed by atoms with Gasteiger partial charge >= 0.3 is 0 Å². The first-order valence-corrected chi connectivity index (χ1v) is 10.9. The van der Waals surface area contributed by atoms with Gasteiger partial charge < -0.3 is 15.2 Å². The van der Waals surface area contributed by atoms with Crippen LogP contribution in [0.3, 0.4) is 0 Å². The van der Waals surface area contributed by atoms with Crippen molar-refractivity contribution in [3.8, 4) is 0 Å². The first-order valence-electron chi connectivity index (χ1n) is 10.0. The molecule has 0 saturated carbocycles. The van der Waals surface area contributed by atoms with E-state index in [0.717, 1.165) is 60.8 Å². The van der Waals surface area contributed by atoms with E-state index in [2.05, 4.69) is 61.5 Å². The first kappa shape index (κ1) is 19.8. The second-order valence-electron chi connectivity index (χ2n) is 7.19.